The van der Waals surface area contributed by atoms with Gasteiger partial charge in [-0.2, -0.15) is 0 Å². The number of esters is 1. The van der Waals surface area contributed by atoms with E-state index in [9.17, 15) is 14.4 Å². The summed E-state index contributed by atoms with van der Waals surface area (Å²) in [6.07, 6.45) is 1.82. The lowest BCUT2D eigenvalue weighted by atomic mass is 10.1. The van der Waals surface area contributed by atoms with E-state index >= 15 is 0 Å². The number of methoxy groups -OCH3 is 1. The first-order valence-corrected chi connectivity index (χ1v) is 5.03. The molecule has 0 aromatic heterocycles. The average Bonchev–Trinajstić information content (AvgIpc) is 3.00. The fraction of sp³-hybridized carbons (Fsp3) is 0.700. The molecule has 2 fully saturated rings. The number of likely N-dealkylation sites (tertiary alicyclic amines) is 1. The van der Waals surface area contributed by atoms with Crippen LogP contribution in [0, 0.1) is 11.8 Å². The predicted octanol–water partition coefficient (Wildman–Crippen LogP) is -0.403. The maximum Gasteiger partial charge on any atom is 0.318 e. The van der Waals surface area contributed by atoms with Gasteiger partial charge in [0.05, 0.1) is 13.7 Å². The minimum absolute atomic E-state index is 0.00903. The molecule has 0 aromatic rings. The zero-order valence-electron chi connectivity index (χ0n) is 8.56. The Morgan fingerprint density at radius 3 is 2.60 bits per heavy atom. The van der Waals surface area contributed by atoms with Crippen molar-refractivity contribution >= 4 is 17.7 Å². The Morgan fingerprint density at radius 2 is 2.07 bits per heavy atom. The van der Waals surface area contributed by atoms with Gasteiger partial charge in [-0.1, -0.05) is 0 Å². The van der Waals surface area contributed by atoms with Crippen molar-refractivity contribution in [3.05, 3.63) is 0 Å². The molecule has 5 nitrogen and oxygen atoms in total. The minimum Gasteiger partial charge on any atom is -0.468 e. The van der Waals surface area contributed by atoms with Crippen LogP contribution in [0.5, 0.6) is 0 Å². The second-order valence-electron chi connectivity index (χ2n) is 4.04. The second-order valence-corrected chi connectivity index (χ2v) is 4.04. The monoisotopic (exact) mass is 211 g/mol. The van der Waals surface area contributed by atoms with Crippen LogP contribution in [0.3, 0.4) is 0 Å². The maximum atomic E-state index is 11.6. The number of ether oxygens (including phenoxy) is 1. The van der Waals surface area contributed by atoms with E-state index in [-0.39, 0.29) is 30.7 Å². The van der Waals surface area contributed by atoms with Gasteiger partial charge >= 0.3 is 5.97 Å². The molecule has 0 aromatic carbocycles. The molecule has 1 unspecified atom stereocenters. The van der Waals surface area contributed by atoms with E-state index < -0.39 is 11.9 Å². The molecule has 2 aliphatic rings. The standard InChI is InChI=1S/C10H13NO4/c1-15-10(14)7-4-11(5-8(7)12)9(13)6-2-3-6/h6-7H,2-5H2,1H3. The SMILES string of the molecule is COC(=O)C1CN(C(=O)C2CC2)CC1=O. The fourth-order valence-electron chi connectivity index (χ4n) is 1.79. The fourth-order valence-corrected chi connectivity index (χ4v) is 1.79. The first-order valence-electron chi connectivity index (χ1n) is 5.03. The maximum absolute atomic E-state index is 11.6. The number of nitrogens with zero attached hydrogens (tertiary/aromatic N) is 1. The number of hydrogen-bond donors (Lipinski definition) is 0. The number of carbonyl (C=O) groups is 3. The van der Waals surface area contributed by atoms with Crippen LogP contribution in [-0.2, 0) is 19.1 Å². The van der Waals surface area contributed by atoms with Gasteiger partial charge in [0.2, 0.25) is 5.91 Å². The number of rotatable bonds is 2. The van der Waals surface area contributed by atoms with E-state index in [0.29, 0.717) is 0 Å². The minimum atomic E-state index is -0.766. The zero-order chi connectivity index (χ0) is 11.0. The Kier molecular flexibility index (Phi) is 2.46. The highest BCUT2D eigenvalue weighted by molar-refractivity contribution is 6.04. The zero-order valence-corrected chi connectivity index (χ0v) is 8.56. The summed E-state index contributed by atoms with van der Waals surface area (Å²) in [6.45, 7) is 0.260. The quantitative estimate of drug-likeness (QED) is 0.460. The van der Waals surface area contributed by atoms with Crippen molar-refractivity contribution in [1.29, 1.82) is 0 Å². The van der Waals surface area contributed by atoms with E-state index in [2.05, 4.69) is 4.74 Å². The highest BCUT2D eigenvalue weighted by Crippen LogP contribution is 2.32. The number of carbonyl (C=O) groups excluding carboxylic acids is 3. The summed E-state index contributed by atoms with van der Waals surface area (Å²) in [4.78, 5) is 35.7. The molecule has 0 bridgehead atoms. The lowest BCUT2D eigenvalue weighted by molar-refractivity contribution is -0.147. The molecular formula is C10H13NO4. The molecule has 0 N–H and O–H groups in total. The first-order chi connectivity index (χ1) is 7.13. The van der Waals surface area contributed by atoms with Crippen molar-refractivity contribution in [2.45, 2.75) is 12.8 Å². The summed E-state index contributed by atoms with van der Waals surface area (Å²) in [5.74, 6) is -1.41. The molecular weight excluding hydrogens is 198 g/mol. The Balaban J connectivity index is 1.99. The van der Waals surface area contributed by atoms with Gasteiger partial charge in [-0.25, -0.2) is 0 Å². The van der Waals surface area contributed by atoms with Crippen LogP contribution in [0.1, 0.15) is 12.8 Å². The van der Waals surface area contributed by atoms with Crippen molar-refractivity contribution in [3.63, 3.8) is 0 Å². The molecule has 82 valence electrons. The topological polar surface area (TPSA) is 63.7 Å². The molecule has 5 heteroatoms. The third kappa shape index (κ3) is 1.86. The normalized spacial score (nSPS) is 25.5. The molecule has 2 rings (SSSR count). The molecule has 1 heterocycles. The van der Waals surface area contributed by atoms with Crippen molar-refractivity contribution in [2.75, 3.05) is 20.2 Å². The summed E-state index contributed by atoms with van der Waals surface area (Å²) < 4.78 is 4.51. The predicted molar refractivity (Wildman–Crippen MR) is 49.8 cm³/mol. The number of hydrogen-bond acceptors (Lipinski definition) is 4. The third-order valence-corrected chi connectivity index (χ3v) is 2.86. The molecule has 0 radical (unpaired) electrons. The van der Waals surface area contributed by atoms with Crippen LogP contribution in [0.2, 0.25) is 0 Å². The van der Waals surface area contributed by atoms with E-state index in [0.717, 1.165) is 12.8 Å². The Labute approximate surface area is 87.4 Å². The highest BCUT2D eigenvalue weighted by Gasteiger charge is 2.42. The number of ketones is 1. The second kappa shape index (κ2) is 3.64. The molecule has 1 aliphatic heterocycles. The van der Waals surface area contributed by atoms with E-state index in [1.807, 2.05) is 0 Å². The lowest BCUT2D eigenvalue weighted by Crippen LogP contribution is -2.31. The molecule has 1 saturated carbocycles. The Morgan fingerprint density at radius 1 is 1.40 bits per heavy atom. The molecule has 0 spiro atoms. The lowest BCUT2D eigenvalue weighted by Gasteiger charge is -2.13. The van der Waals surface area contributed by atoms with Crippen molar-refractivity contribution < 1.29 is 19.1 Å². The molecule has 1 amide bonds. The van der Waals surface area contributed by atoms with Crippen LogP contribution in [0.4, 0.5) is 0 Å². The van der Waals surface area contributed by atoms with Crippen LogP contribution >= 0.6 is 0 Å². The smallest absolute Gasteiger partial charge is 0.318 e. The van der Waals surface area contributed by atoms with Gasteiger partial charge in [-0.3, -0.25) is 14.4 Å². The van der Waals surface area contributed by atoms with Crippen molar-refractivity contribution in [1.82, 2.24) is 4.90 Å². The van der Waals surface area contributed by atoms with Gasteiger partial charge in [0.25, 0.3) is 0 Å². The van der Waals surface area contributed by atoms with Crippen molar-refractivity contribution in [2.24, 2.45) is 11.8 Å². The van der Waals surface area contributed by atoms with E-state index in [1.54, 1.807) is 0 Å². The molecule has 1 saturated heterocycles. The van der Waals surface area contributed by atoms with Crippen LogP contribution in [0.15, 0.2) is 0 Å². The highest BCUT2D eigenvalue weighted by atomic mass is 16.5. The summed E-state index contributed by atoms with van der Waals surface area (Å²) in [7, 11) is 1.25. The largest absolute Gasteiger partial charge is 0.468 e. The molecule has 1 atom stereocenters. The first kappa shape index (κ1) is 10.1. The molecule has 1 aliphatic carbocycles. The third-order valence-electron chi connectivity index (χ3n) is 2.86. The van der Waals surface area contributed by atoms with Gasteiger partial charge in [0, 0.05) is 12.5 Å². The number of Topliss-reactive ketones (excluding diaryl/α,β-unsaturated/α-hetero) is 1. The summed E-state index contributed by atoms with van der Waals surface area (Å²) in [6, 6.07) is 0. The van der Waals surface area contributed by atoms with Crippen molar-refractivity contribution in [3.8, 4) is 0 Å². The summed E-state index contributed by atoms with van der Waals surface area (Å²) in [5.41, 5.74) is 0. The van der Waals surface area contributed by atoms with Gasteiger partial charge in [-0.05, 0) is 12.8 Å². The summed E-state index contributed by atoms with van der Waals surface area (Å²) >= 11 is 0. The van der Waals surface area contributed by atoms with Gasteiger partial charge in [0.1, 0.15) is 5.92 Å². The van der Waals surface area contributed by atoms with Crippen LogP contribution < -0.4 is 0 Å². The van der Waals surface area contributed by atoms with Gasteiger partial charge in [0.15, 0.2) is 5.78 Å². The van der Waals surface area contributed by atoms with Gasteiger partial charge < -0.3 is 9.64 Å². The Hall–Kier alpha value is -1.39. The van der Waals surface area contributed by atoms with Crippen LogP contribution in [-0.4, -0.2) is 42.8 Å². The summed E-state index contributed by atoms with van der Waals surface area (Å²) in [5, 5.41) is 0. The average molecular weight is 211 g/mol. The van der Waals surface area contributed by atoms with E-state index in [1.165, 1.54) is 12.0 Å². The van der Waals surface area contributed by atoms with Gasteiger partial charge in [-0.15, -0.1) is 0 Å². The van der Waals surface area contributed by atoms with E-state index in [4.69, 9.17) is 0 Å². The molecule has 15 heavy (non-hydrogen) atoms. The number of amides is 1. The van der Waals surface area contributed by atoms with Crippen LogP contribution in [0.25, 0.3) is 0 Å². The Bertz CT molecular complexity index is 321.